The van der Waals surface area contributed by atoms with Crippen molar-refractivity contribution in [1.82, 2.24) is 0 Å². The van der Waals surface area contributed by atoms with Crippen LogP contribution in [0.5, 0.6) is 0 Å². The summed E-state index contributed by atoms with van der Waals surface area (Å²) in [5.74, 6) is 0. The minimum atomic E-state index is 0.552. The van der Waals surface area contributed by atoms with Crippen LogP contribution in [0, 0.1) is 13.8 Å². The molecule has 0 saturated carbocycles. The number of nitrogens with one attached hydrogen (secondary N) is 2. The van der Waals surface area contributed by atoms with Gasteiger partial charge in [-0.2, -0.15) is 0 Å². The monoisotopic (exact) mass is 290 g/mol. The highest BCUT2D eigenvalue weighted by molar-refractivity contribution is 7.80. The lowest BCUT2D eigenvalue weighted by Crippen LogP contribution is -2.19. The number of halogens is 1. The van der Waals surface area contributed by atoms with Gasteiger partial charge in [-0.25, -0.2) is 0 Å². The smallest absolute Gasteiger partial charge is 0.175 e. The fourth-order valence-electron chi connectivity index (χ4n) is 1.74. The van der Waals surface area contributed by atoms with Crippen LogP contribution in [0.4, 0.5) is 11.4 Å². The van der Waals surface area contributed by atoms with Gasteiger partial charge in [0, 0.05) is 16.4 Å². The Kier molecular flexibility index (Phi) is 4.40. The van der Waals surface area contributed by atoms with E-state index in [-0.39, 0.29) is 0 Å². The summed E-state index contributed by atoms with van der Waals surface area (Å²) in [6.45, 7) is 4.05. The Bertz CT molecular complexity index is 611. The lowest BCUT2D eigenvalue weighted by Gasteiger charge is -2.13. The van der Waals surface area contributed by atoms with Gasteiger partial charge < -0.3 is 10.6 Å². The molecule has 0 saturated heterocycles. The highest BCUT2D eigenvalue weighted by atomic mass is 35.5. The van der Waals surface area contributed by atoms with Gasteiger partial charge in [-0.15, -0.1) is 0 Å². The second-order valence-electron chi connectivity index (χ2n) is 4.41. The van der Waals surface area contributed by atoms with Gasteiger partial charge in [-0.3, -0.25) is 0 Å². The van der Waals surface area contributed by atoms with E-state index in [0.29, 0.717) is 10.1 Å². The number of rotatable bonds is 2. The summed E-state index contributed by atoms with van der Waals surface area (Å²) in [6.07, 6.45) is 0. The zero-order valence-corrected chi connectivity index (χ0v) is 12.4. The van der Waals surface area contributed by atoms with E-state index >= 15 is 0 Å². The SMILES string of the molecule is Cc1cccc(NC(=S)Nc2cc(Cl)ccc2C)c1. The molecular formula is C15H15ClN2S. The summed E-state index contributed by atoms with van der Waals surface area (Å²) in [7, 11) is 0. The van der Waals surface area contributed by atoms with E-state index in [1.54, 1.807) is 0 Å². The highest BCUT2D eigenvalue weighted by Crippen LogP contribution is 2.20. The van der Waals surface area contributed by atoms with Crippen molar-refractivity contribution in [2.24, 2.45) is 0 Å². The quantitative estimate of drug-likeness (QED) is 0.779. The topological polar surface area (TPSA) is 24.1 Å². The molecule has 98 valence electrons. The third-order valence-corrected chi connectivity index (χ3v) is 3.16. The molecule has 0 aliphatic rings. The van der Waals surface area contributed by atoms with E-state index in [0.717, 1.165) is 16.9 Å². The average Bonchev–Trinajstić information content (AvgIpc) is 2.34. The van der Waals surface area contributed by atoms with Crippen LogP contribution in [-0.2, 0) is 0 Å². The summed E-state index contributed by atoms with van der Waals surface area (Å²) in [5, 5.41) is 7.55. The molecule has 0 atom stereocenters. The Morgan fingerprint density at radius 1 is 1.05 bits per heavy atom. The molecule has 0 radical (unpaired) electrons. The molecule has 0 aliphatic carbocycles. The first-order chi connectivity index (χ1) is 9.04. The summed E-state index contributed by atoms with van der Waals surface area (Å²) < 4.78 is 0. The van der Waals surface area contributed by atoms with Gasteiger partial charge in [-0.1, -0.05) is 29.8 Å². The van der Waals surface area contributed by atoms with Gasteiger partial charge in [0.1, 0.15) is 0 Å². The Hall–Kier alpha value is -1.58. The minimum absolute atomic E-state index is 0.552. The second kappa shape index (κ2) is 6.04. The van der Waals surface area contributed by atoms with Crippen LogP contribution in [0.3, 0.4) is 0 Å². The number of hydrogen-bond donors (Lipinski definition) is 2. The molecule has 2 N–H and O–H groups in total. The van der Waals surface area contributed by atoms with Gasteiger partial charge in [0.25, 0.3) is 0 Å². The molecule has 0 heterocycles. The number of aryl methyl sites for hydroxylation is 2. The number of thiocarbonyl (C=S) groups is 1. The Balaban J connectivity index is 2.07. The van der Waals surface area contributed by atoms with Crippen LogP contribution in [0.2, 0.25) is 5.02 Å². The molecule has 0 bridgehead atoms. The summed E-state index contributed by atoms with van der Waals surface area (Å²) in [4.78, 5) is 0. The van der Waals surface area contributed by atoms with E-state index in [2.05, 4.69) is 10.6 Å². The number of hydrogen-bond acceptors (Lipinski definition) is 1. The van der Waals surface area contributed by atoms with Gasteiger partial charge in [-0.05, 0) is 61.5 Å². The summed E-state index contributed by atoms with van der Waals surface area (Å²) in [6, 6.07) is 13.7. The average molecular weight is 291 g/mol. The van der Waals surface area contributed by atoms with E-state index in [1.165, 1.54) is 5.56 Å². The summed E-state index contributed by atoms with van der Waals surface area (Å²) in [5.41, 5.74) is 4.17. The van der Waals surface area contributed by atoms with Gasteiger partial charge in [0.05, 0.1) is 0 Å². The molecule has 0 amide bonds. The molecule has 2 aromatic rings. The molecule has 0 aliphatic heterocycles. The molecule has 2 nitrogen and oxygen atoms in total. The van der Waals surface area contributed by atoms with Crippen molar-refractivity contribution in [3.8, 4) is 0 Å². The van der Waals surface area contributed by atoms with Crippen LogP contribution in [0.15, 0.2) is 42.5 Å². The van der Waals surface area contributed by atoms with Crippen LogP contribution >= 0.6 is 23.8 Å². The molecule has 2 aromatic carbocycles. The van der Waals surface area contributed by atoms with Gasteiger partial charge in [0.2, 0.25) is 0 Å². The molecule has 2 rings (SSSR count). The van der Waals surface area contributed by atoms with Crippen molar-refractivity contribution in [3.05, 3.63) is 58.6 Å². The van der Waals surface area contributed by atoms with Gasteiger partial charge >= 0.3 is 0 Å². The van der Waals surface area contributed by atoms with E-state index in [1.807, 2.05) is 56.3 Å². The zero-order valence-electron chi connectivity index (χ0n) is 10.8. The largest absolute Gasteiger partial charge is 0.332 e. The lowest BCUT2D eigenvalue weighted by molar-refractivity contribution is 1.44. The van der Waals surface area contributed by atoms with Crippen LogP contribution in [0.1, 0.15) is 11.1 Å². The maximum Gasteiger partial charge on any atom is 0.175 e. The van der Waals surface area contributed by atoms with Crippen molar-refractivity contribution in [2.75, 3.05) is 10.6 Å². The van der Waals surface area contributed by atoms with Gasteiger partial charge in [0.15, 0.2) is 5.11 Å². The maximum absolute atomic E-state index is 5.98. The normalized spacial score (nSPS) is 10.1. The van der Waals surface area contributed by atoms with E-state index in [9.17, 15) is 0 Å². The Morgan fingerprint density at radius 2 is 1.84 bits per heavy atom. The van der Waals surface area contributed by atoms with Crippen LogP contribution in [0.25, 0.3) is 0 Å². The minimum Gasteiger partial charge on any atom is -0.332 e. The standard InChI is InChI=1S/C15H15ClN2S/c1-10-4-3-5-13(8-10)17-15(19)18-14-9-12(16)7-6-11(14)2/h3-9H,1-2H3,(H2,17,18,19). The maximum atomic E-state index is 5.98. The third-order valence-electron chi connectivity index (χ3n) is 2.72. The first-order valence-corrected chi connectivity index (χ1v) is 6.74. The molecule has 4 heteroatoms. The van der Waals surface area contributed by atoms with E-state index in [4.69, 9.17) is 23.8 Å². The number of benzene rings is 2. The first-order valence-electron chi connectivity index (χ1n) is 5.95. The highest BCUT2D eigenvalue weighted by Gasteiger charge is 2.03. The molecule has 0 unspecified atom stereocenters. The molecular weight excluding hydrogens is 276 g/mol. The zero-order chi connectivity index (χ0) is 13.8. The van der Waals surface area contributed by atoms with Crippen LogP contribution in [-0.4, -0.2) is 5.11 Å². The predicted octanol–water partition coefficient (Wildman–Crippen LogP) is 4.77. The fourth-order valence-corrected chi connectivity index (χ4v) is 2.14. The van der Waals surface area contributed by atoms with Crippen molar-refractivity contribution in [2.45, 2.75) is 13.8 Å². The molecule has 0 spiro atoms. The van der Waals surface area contributed by atoms with E-state index < -0.39 is 0 Å². The van der Waals surface area contributed by atoms with Crippen molar-refractivity contribution >= 4 is 40.3 Å². The molecule has 0 aromatic heterocycles. The van der Waals surface area contributed by atoms with Crippen molar-refractivity contribution < 1.29 is 0 Å². The summed E-state index contributed by atoms with van der Waals surface area (Å²) >= 11 is 11.3. The lowest BCUT2D eigenvalue weighted by atomic mass is 10.2. The number of anilines is 2. The van der Waals surface area contributed by atoms with Crippen molar-refractivity contribution in [1.29, 1.82) is 0 Å². The van der Waals surface area contributed by atoms with Crippen LogP contribution < -0.4 is 10.6 Å². The Labute approximate surface area is 123 Å². The second-order valence-corrected chi connectivity index (χ2v) is 5.25. The molecule has 19 heavy (non-hydrogen) atoms. The predicted molar refractivity (Wildman–Crippen MR) is 87.2 cm³/mol. The third kappa shape index (κ3) is 3.94. The molecule has 0 fully saturated rings. The first kappa shape index (κ1) is 13.8. The Morgan fingerprint density at radius 3 is 2.58 bits per heavy atom. The fraction of sp³-hybridized carbons (Fsp3) is 0.133. The van der Waals surface area contributed by atoms with Crippen molar-refractivity contribution in [3.63, 3.8) is 0 Å².